The molecule has 0 aliphatic rings. The molecular weight excluding hydrogens is 320 g/mol. The molecule has 0 heterocycles. The maximum Gasteiger partial charge on any atom is 0.183 e. The fourth-order valence-corrected chi connectivity index (χ4v) is 12.7. The Labute approximate surface area is 143 Å². The molecule has 0 bridgehead atoms. The van der Waals surface area contributed by atoms with Crippen LogP contribution in [0.1, 0.15) is 26.7 Å². The second-order valence-corrected chi connectivity index (χ2v) is 23.9. The Bertz CT molecular complexity index is 290. The van der Waals surface area contributed by atoms with Gasteiger partial charge in [-0.15, -0.1) is 0 Å². The predicted octanol–water partition coefficient (Wildman–Crippen LogP) is 6.00. The van der Waals surface area contributed by atoms with Crippen molar-refractivity contribution < 1.29 is 9.16 Å². The van der Waals surface area contributed by atoms with Crippen LogP contribution in [0.5, 0.6) is 0 Å². The average Bonchev–Trinajstić information content (AvgIpc) is 2.42. The molecule has 0 rings (SSSR count). The van der Waals surface area contributed by atoms with Crippen molar-refractivity contribution in [2.24, 2.45) is 0 Å². The van der Waals surface area contributed by atoms with Gasteiger partial charge in [-0.3, -0.25) is 0 Å². The van der Waals surface area contributed by atoms with Crippen molar-refractivity contribution in [2.75, 3.05) is 19.4 Å². The van der Waals surface area contributed by atoms with E-state index in [0.717, 1.165) is 25.9 Å². The summed E-state index contributed by atoms with van der Waals surface area (Å²) in [4.78, 5) is 0. The third-order valence-corrected chi connectivity index (χ3v) is 13.7. The molecule has 22 heavy (non-hydrogen) atoms. The fraction of sp³-hybridized carbons (Fsp3) is 1.00. The predicted molar refractivity (Wildman–Crippen MR) is 109 cm³/mol. The summed E-state index contributed by atoms with van der Waals surface area (Å²) in [7, 11) is -3.60. The first-order valence-corrected chi connectivity index (χ1v) is 19.2. The lowest BCUT2D eigenvalue weighted by Crippen LogP contribution is -2.42. The van der Waals surface area contributed by atoms with Gasteiger partial charge in [0, 0.05) is 27.5 Å². The lowest BCUT2D eigenvalue weighted by molar-refractivity contribution is 0.135. The van der Waals surface area contributed by atoms with Crippen LogP contribution in [-0.2, 0) is 9.16 Å². The molecule has 0 saturated heterocycles. The Kier molecular flexibility index (Phi) is 10.7. The molecule has 5 heteroatoms. The summed E-state index contributed by atoms with van der Waals surface area (Å²) >= 11 is 0. The lowest BCUT2D eigenvalue weighted by Gasteiger charge is -2.33. The molecule has 1 atom stereocenters. The van der Waals surface area contributed by atoms with E-state index in [1.807, 2.05) is 0 Å². The lowest BCUT2D eigenvalue weighted by atomic mass is 10.5. The van der Waals surface area contributed by atoms with E-state index >= 15 is 0 Å². The van der Waals surface area contributed by atoms with E-state index < -0.39 is 24.5 Å². The smallest absolute Gasteiger partial charge is 0.183 e. The van der Waals surface area contributed by atoms with Crippen molar-refractivity contribution >= 4 is 24.5 Å². The second kappa shape index (κ2) is 10.4. The van der Waals surface area contributed by atoms with Gasteiger partial charge in [0.15, 0.2) is 8.32 Å². The summed E-state index contributed by atoms with van der Waals surface area (Å²) in [6.07, 6.45) is 3.48. The standard InChI is InChI=1S/C17H42O2Si3/c1-9-12-18-13-11-14-21(6,7)15-16-22(8,10-2)17-19-20(3,4)5/h9-17H2,1-8H3. The molecule has 0 N–H and O–H groups in total. The molecule has 0 amide bonds. The number of hydrogen-bond donors (Lipinski definition) is 0. The number of hydrogen-bond acceptors (Lipinski definition) is 2. The molecule has 0 aromatic heterocycles. The third kappa shape index (κ3) is 12.0. The summed E-state index contributed by atoms with van der Waals surface area (Å²) in [5.41, 5.74) is 0. The van der Waals surface area contributed by atoms with Gasteiger partial charge in [-0.1, -0.05) is 57.7 Å². The van der Waals surface area contributed by atoms with E-state index in [-0.39, 0.29) is 0 Å². The maximum absolute atomic E-state index is 6.27. The molecule has 0 aliphatic heterocycles. The van der Waals surface area contributed by atoms with E-state index in [2.05, 4.69) is 53.1 Å². The Morgan fingerprint density at radius 2 is 1.41 bits per heavy atom. The molecule has 0 saturated carbocycles. The van der Waals surface area contributed by atoms with Crippen molar-refractivity contribution in [3.8, 4) is 0 Å². The first-order valence-electron chi connectivity index (χ1n) is 9.25. The zero-order valence-electron chi connectivity index (χ0n) is 16.7. The van der Waals surface area contributed by atoms with Crippen LogP contribution in [0, 0.1) is 0 Å². The monoisotopic (exact) mass is 362 g/mol. The van der Waals surface area contributed by atoms with E-state index in [0.29, 0.717) is 0 Å². The minimum atomic E-state index is -1.36. The molecule has 134 valence electrons. The van der Waals surface area contributed by atoms with Gasteiger partial charge in [0.2, 0.25) is 0 Å². The molecule has 0 aromatic rings. The highest BCUT2D eigenvalue weighted by Gasteiger charge is 2.31. The Balaban J connectivity index is 4.17. The van der Waals surface area contributed by atoms with E-state index in [9.17, 15) is 0 Å². The van der Waals surface area contributed by atoms with Crippen molar-refractivity contribution in [2.45, 2.75) is 90.1 Å². The van der Waals surface area contributed by atoms with Crippen LogP contribution >= 0.6 is 0 Å². The molecule has 0 spiro atoms. The van der Waals surface area contributed by atoms with Crippen molar-refractivity contribution in [1.29, 1.82) is 0 Å². The fourth-order valence-electron chi connectivity index (χ4n) is 2.41. The maximum atomic E-state index is 6.27. The van der Waals surface area contributed by atoms with Crippen molar-refractivity contribution in [1.82, 2.24) is 0 Å². The van der Waals surface area contributed by atoms with Crippen LogP contribution in [0.25, 0.3) is 0 Å². The molecule has 1 unspecified atom stereocenters. The highest BCUT2D eigenvalue weighted by molar-refractivity contribution is 6.83. The normalized spacial score (nSPS) is 15.8. The highest BCUT2D eigenvalue weighted by atomic mass is 28.4. The van der Waals surface area contributed by atoms with Crippen LogP contribution in [0.15, 0.2) is 0 Å². The zero-order valence-corrected chi connectivity index (χ0v) is 19.7. The summed E-state index contributed by atoms with van der Waals surface area (Å²) in [6.45, 7) is 21.1. The molecule has 0 radical (unpaired) electrons. The van der Waals surface area contributed by atoms with Gasteiger partial charge < -0.3 is 9.16 Å². The van der Waals surface area contributed by atoms with Gasteiger partial charge in [0.25, 0.3) is 0 Å². The molecule has 0 aromatic carbocycles. The topological polar surface area (TPSA) is 18.5 Å². The van der Waals surface area contributed by atoms with E-state index in [1.165, 1.54) is 30.6 Å². The minimum Gasteiger partial charge on any atom is -0.421 e. The molecular formula is C17H42O2Si3. The number of rotatable bonds is 13. The first kappa shape index (κ1) is 22.6. The Morgan fingerprint density at radius 3 is 1.91 bits per heavy atom. The molecule has 2 nitrogen and oxygen atoms in total. The van der Waals surface area contributed by atoms with E-state index in [4.69, 9.17) is 9.16 Å². The second-order valence-electron chi connectivity index (χ2n) is 8.95. The Morgan fingerprint density at radius 1 is 0.773 bits per heavy atom. The van der Waals surface area contributed by atoms with Gasteiger partial charge >= 0.3 is 0 Å². The van der Waals surface area contributed by atoms with Gasteiger partial charge in [-0.05, 0) is 32.5 Å². The van der Waals surface area contributed by atoms with Crippen molar-refractivity contribution in [3.63, 3.8) is 0 Å². The van der Waals surface area contributed by atoms with Gasteiger partial charge in [-0.25, -0.2) is 0 Å². The first-order chi connectivity index (χ1) is 10.0. The molecule has 0 fully saturated rings. The summed E-state index contributed by atoms with van der Waals surface area (Å²) in [6, 6.07) is 5.72. The van der Waals surface area contributed by atoms with Gasteiger partial charge in [0.05, 0.1) is 8.07 Å². The van der Waals surface area contributed by atoms with Gasteiger partial charge in [0.1, 0.15) is 0 Å². The van der Waals surface area contributed by atoms with Crippen LogP contribution < -0.4 is 0 Å². The average molecular weight is 363 g/mol. The minimum absolute atomic E-state index is 0.927. The van der Waals surface area contributed by atoms with Gasteiger partial charge in [-0.2, -0.15) is 0 Å². The summed E-state index contributed by atoms with van der Waals surface area (Å²) < 4.78 is 11.9. The van der Waals surface area contributed by atoms with Crippen LogP contribution in [0.3, 0.4) is 0 Å². The summed E-state index contributed by atoms with van der Waals surface area (Å²) in [5, 5.41) is 0. The Hall–Kier alpha value is 0.571. The van der Waals surface area contributed by atoms with Crippen LogP contribution in [0.4, 0.5) is 0 Å². The van der Waals surface area contributed by atoms with E-state index in [1.54, 1.807) is 0 Å². The third-order valence-electron chi connectivity index (χ3n) is 4.60. The van der Waals surface area contributed by atoms with Crippen LogP contribution in [0.2, 0.25) is 63.5 Å². The highest BCUT2D eigenvalue weighted by Crippen LogP contribution is 2.27. The van der Waals surface area contributed by atoms with Crippen molar-refractivity contribution in [3.05, 3.63) is 0 Å². The quantitative estimate of drug-likeness (QED) is 0.295. The molecule has 0 aliphatic carbocycles. The van der Waals surface area contributed by atoms with Crippen LogP contribution in [-0.4, -0.2) is 43.9 Å². The largest absolute Gasteiger partial charge is 0.421 e. The number of ether oxygens (including phenoxy) is 1. The zero-order chi connectivity index (χ0) is 17.3. The SMILES string of the molecule is CCCOCCC[Si](C)(C)CC[Si](C)(CC)CO[Si](C)(C)C. The summed E-state index contributed by atoms with van der Waals surface area (Å²) in [5.74, 6) is 0.